The number of morpholine rings is 1. The van der Waals surface area contributed by atoms with Crippen molar-refractivity contribution in [3.8, 4) is 0 Å². The lowest BCUT2D eigenvalue weighted by Crippen LogP contribution is -2.48. The number of nitrogens with one attached hydrogen (secondary N) is 1. The average molecular weight is 202 g/mol. The molecule has 0 aromatic heterocycles. The van der Waals surface area contributed by atoms with E-state index in [2.05, 4.69) is 10.2 Å². The van der Waals surface area contributed by atoms with E-state index in [4.69, 9.17) is 9.84 Å². The topological polar surface area (TPSA) is 61.8 Å². The van der Waals surface area contributed by atoms with Gasteiger partial charge in [-0.15, -0.1) is 0 Å². The fourth-order valence-electron chi connectivity index (χ4n) is 1.52. The minimum Gasteiger partial charge on any atom is -0.395 e. The number of amides is 1. The van der Waals surface area contributed by atoms with Gasteiger partial charge in [-0.05, 0) is 0 Å². The molecule has 1 saturated heterocycles. The van der Waals surface area contributed by atoms with Crippen molar-refractivity contribution in [2.45, 2.75) is 12.5 Å². The zero-order chi connectivity index (χ0) is 10.4. The number of rotatable bonds is 4. The van der Waals surface area contributed by atoms with Crippen LogP contribution in [-0.2, 0) is 9.53 Å². The second-order valence-electron chi connectivity index (χ2n) is 3.37. The van der Waals surface area contributed by atoms with Crippen LogP contribution in [0, 0.1) is 0 Å². The van der Waals surface area contributed by atoms with Gasteiger partial charge in [0.15, 0.2) is 0 Å². The standard InChI is InChI=1S/C9H18N2O3/c1-10-9(13)2-3-11-4-5-14-7-8(11)6-12/h8,12H,2-7H2,1H3,(H,10,13). The first-order chi connectivity index (χ1) is 6.77. The summed E-state index contributed by atoms with van der Waals surface area (Å²) in [6.07, 6.45) is 0.479. The molecule has 5 nitrogen and oxygen atoms in total. The molecular formula is C9H18N2O3. The molecule has 1 amide bonds. The van der Waals surface area contributed by atoms with Gasteiger partial charge in [0.05, 0.1) is 25.9 Å². The van der Waals surface area contributed by atoms with E-state index < -0.39 is 0 Å². The van der Waals surface area contributed by atoms with Gasteiger partial charge in [-0.1, -0.05) is 0 Å². The minimum atomic E-state index is 0.0354. The normalized spacial score (nSPS) is 23.4. The fraction of sp³-hybridized carbons (Fsp3) is 0.889. The van der Waals surface area contributed by atoms with Crippen molar-refractivity contribution in [2.75, 3.05) is 40.0 Å². The number of carbonyl (C=O) groups excluding carboxylic acids is 1. The van der Waals surface area contributed by atoms with Crippen molar-refractivity contribution >= 4 is 5.91 Å². The first-order valence-corrected chi connectivity index (χ1v) is 4.91. The Labute approximate surface area is 84.0 Å². The van der Waals surface area contributed by atoms with Crippen LogP contribution in [0.2, 0.25) is 0 Å². The lowest BCUT2D eigenvalue weighted by atomic mass is 10.2. The van der Waals surface area contributed by atoms with Crippen molar-refractivity contribution in [1.29, 1.82) is 0 Å². The van der Waals surface area contributed by atoms with Crippen molar-refractivity contribution < 1.29 is 14.6 Å². The van der Waals surface area contributed by atoms with Gasteiger partial charge in [0.2, 0.25) is 5.91 Å². The predicted molar refractivity (Wildman–Crippen MR) is 51.9 cm³/mol. The maximum Gasteiger partial charge on any atom is 0.221 e. The Morgan fingerprint density at radius 3 is 3.14 bits per heavy atom. The number of hydrogen-bond acceptors (Lipinski definition) is 4. The number of carbonyl (C=O) groups is 1. The minimum absolute atomic E-state index is 0.0354. The quantitative estimate of drug-likeness (QED) is 0.602. The summed E-state index contributed by atoms with van der Waals surface area (Å²) in [6.45, 7) is 2.82. The summed E-state index contributed by atoms with van der Waals surface area (Å²) in [5, 5.41) is 11.6. The third-order valence-corrected chi connectivity index (χ3v) is 2.47. The highest BCUT2D eigenvalue weighted by Crippen LogP contribution is 2.06. The van der Waals surface area contributed by atoms with Crippen LogP contribution < -0.4 is 5.32 Å². The largest absolute Gasteiger partial charge is 0.395 e. The van der Waals surface area contributed by atoms with Crippen LogP contribution >= 0.6 is 0 Å². The molecule has 82 valence electrons. The van der Waals surface area contributed by atoms with E-state index in [0.29, 0.717) is 26.2 Å². The van der Waals surface area contributed by atoms with E-state index >= 15 is 0 Å². The van der Waals surface area contributed by atoms with E-state index in [-0.39, 0.29) is 18.6 Å². The van der Waals surface area contributed by atoms with Gasteiger partial charge in [0, 0.05) is 26.6 Å². The van der Waals surface area contributed by atoms with Gasteiger partial charge in [0.25, 0.3) is 0 Å². The summed E-state index contributed by atoms with van der Waals surface area (Å²) in [5.41, 5.74) is 0. The summed E-state index contributed by atoms with van der Waals surface area (Å²) in [5.74, 6) is 0.0354. The van der Waals surface area contributed by atoms with Crippen LogP contribution in [-0.4, -0.2) is 61.9 Å². The zero-order valence-electron chi connectivity index (χ0n) is 8.53. The van der Waals surface area contributed by atoms with Gasteiger partial charge in [-0.2, -0.15) is 0 Å². The summed E-state index contributed by atoms with van der Waals surface area (Å²) in [6, 6.07) is 0.0495. The van der Waals surface area contributed by atoms with Crippen molar-refractivity contribution in [1.82, 2.24) is 10.2 Å². The van der Waals surface area contributed by atoms with Crippen LogP contribution in [0.1, 0.15) is 6.42 Å². The third-order valence-electron chi connectivity index (χ3n) is 2.47. The highest BCUT2D eigenvalue weighted by atomic mass is 16.5. The molecule has 0 aromatic carbocycles. The van der Waals surface area contributed by atoms with Crippen molar-refractivity contribution in [3.05, 3.63) is 0 Å². The number of ether oxygens (including phenoxy) is 1. The summed E-state index contributed by atoms with van der Waals surface area (Å²) in [4.78, 5) is 13.1. The molecule has 1 fully saturated rings. The Balaban J connectivity index is 2.29. The maximum atomic E-state index is 11.0. The Morgan fingerprint density at radius 1 is 1.71 bits per heavy atom. The number of aliphatic hydroxyl groups excluding tert-OH is 1. The molecule has 2 N–H and O–H groups in total. The Kier molecular flexibility index (Phi) is 4.86. The predicted octanol–water partition coefficient (Wildman–Crippen LogP) is -1.18. The van der Waals surface area contributed by atoms with Crippen LogP contribution in [0.15, 0.2) is 0 Å². The average Bonchev–Trinajstić information content (AvgIpc) is 2.26. The van der Waals surface area contributed by atoms with E-state index in [0.717, 1.165) is 6.54 Å². The molecule has 5 heteroatoms. The maximum absolute atomic E-state index is 11.0. The van der Waals surface area contributed by atoms with E-state index in [1.54, 1.807) is 7.05 Å². The van der Waals surface area contributed by atoms with E-state index in [9.17, 15) is 4.79 Å². The molecule has 1 aliphatic rings. The number of hydrogen-bond donors (Lipinski definition) is 2. The second kappa shape index (κ2) is 5.95. The molecule has 0 saturated carbocycles. The molecule has 1 heterocycles. The zero-order valence-corrected chi connectivity index (χ0v) is 8.53. The van der Waals surface area contributed by atoms with Crippen LogP contribution in [0.5, 0.6) is 0 Å². The lowest BCUT2D eigenvalue weighted by molar-refractivity contribution is -0.121. The van der Waals surface area contributed by atoms with Gasteiger partial charge in [-0.3, -0.25) is 9.69 Å². The fourth-order valence-corrected chi connectivity index (χ4v) is 1.52. The van der Waals surface area contributed by atoms with Crippen LogP contribution in [0.4, 0.5) is 0 Å². The SMILES string of the molecule is CNC(=O)CCN1CCOCC1CO. The van der Waals surface area contributed by atoms with Crippen LogP contribution in [0.25, 0.3) is 0 Å². The molecule has 0 radical (unpaired) electrons. The molecule has 0 spiro atoms. The molecule has 14 heavy (non-hydrogen) atoms. The molecule has 1 unspecified atom stereocenters. The van der Waals surface area contributed by atoms with Crippen LogP contribution in [0.3, 0.4) is 0 Å². The molecular weight excluding hydrogens is 184 g/mol. The van der Waals surface area contributed by atoms with Gasteiger partial charge in [-0.25, -0.2) is 0 Å². The highest BCUT2D eigenvalue weighted by molar-refractivity contribution is 5.75. The van der Waals surface area contributed by atoms with Crippen molar-refractivity contribution in [3.63, 3.8) is 0 Å². The number of aliphatic hydroxyl groups is 1. The first-order valence-electron chi connectivity index (χ1n) is 4.91. The smallest absolute Gasteiger partial charge is 0.221 e. The van der Waals surface area contributed by atoms with E-state index in [1.807, 2.05) is 0 Å². The molecule has 1 rings (SSSR count). The highest BCUT2D eigenvalue weighted by Gasteiger charge is 2.22. The second-order valence-corrected chi connectivity index (χ2v) is 3.37. The van der Waals surface area contributed by atoms with Gasteiger partial charge < -0.3 is 15.2 Å². The molecule has 1 atom stereocenters. The lowest BCUT2D eigenvalue weighted by Gasteiger charge is -2.34. The molecule has 0 bridgehead atoms. The summed E-state index contributed by atoms with van der Waals surface area (Å²) >= 11 is 0. The number of nitrogens with zero attached hydrogens (tertiary/aromatic N) is 1. The third kappa shape index (κ3) is 3.25. The van der Waals surface area contributed by atoms with Gasteiger partial charge >= 0.3 is 0 Å². The molecule has 0 aliphatic carbocycles. The molecule has 1 aliphatic heterocycles. The van der Waals surface area contributed by atoms with Gasteiger partial charge in [0.1, 0.15) is 0 Å². The van der Waals surface area contributed by atoms with E-state index in [1.165, 1.54) is 0 Å². The Bertz CT molecular complexity index is 187. The Morgan fingerprint density at radius 2 is 2.50 bits per heavy atom. The Hall–Kier alpha value is -0.650. The van der Waals surface area contributed by atoms with Crippen molar-refractivity contribution in [2.24, 2.45) is 0 Å². The monoisotopic (exact) mass is 202 g/mol. The first kappa shape index (κ1) is 11.4. The molecule has 0 aromatic rings. The summed E-state index contributed by atoms with van der Waals surface area (Å²) in [7, 11) is 1.63. The summed E-state index contributed by atoms with van der Waals surface area (Å²) < 4.78 is 5.23.